The van der Waals surface area contributed by atoms with Gasteiger partial charge in [0, 0.05) is 16.3 Å². The van der Waals surface area contributed by atoms with Crippen molar-refractivity contribution in [3.05, 3.63) is 59.1 Å². The number of ether oxygens (including phenoxy) is 1. The third-order valence-electron chi connectivity index (χ3n) is 4.70. The Morgan fingerprint density at radius 3 is 2.32 bits per heavy atom. The summed E-state index contributed by atoms with van der Waals surface area (Å²) in [5.74, 6) is -0.618. The molecule has 1 saturated carbocycles. The fourth-order valence-corrected chi connectivity index (χ4v) is 4.90. The van der Waals surface area contributed by atoms with Gasteiger partial charge in [0.15, 0.2) is 6.04 Å². The minimum absolute atomic E-state index is 0.0326. The van der Waals surface area contributed by atoms with E-state index in [4.69, 9.17) is 21.5 Å². The van der Waals surface area contributed by atoms with Crippen LogP contribution < -0.4 is 10.0 Å². The second kappa shape index (κ2) is 9.39. The van der Waals surface area contributed by atoms with Crippen LogP contribution in [0.4, 0.5) is 11.4 Å². The van der Waals surface area contributed by atoms with Crippen molar-refractivity contribution >= 4 is 54.1 Å². The molecule has 2 aliphatic rings. The van der Waals surface area contributed by atoms with Crippen LogP contribution in [-0.4, -0.2) is 45.6 Å². The lowest BCUT2D eigenvalue weighted by Crippen LogP contribution is -2.41. The summed E-state index contributed by atoms with van der Waals surface area (Å²) in [4.78, 5) is 14.1. The van der Waals surface area contributed by atoms with Gasteiger partial charge < -0.3 is 9.64 Å². The van der Waals surface area contributed by atoms with E-state index in [0.717, 1.165) is 12.8 Å². The quantitative estimate of drug-likeness (QED) is 0.521. The van der Waals surface area contributed by atoms with Crippen LogP contribution in [0.2, 0.25) is 5.02 Å². The van der Waals surface area contributed by atoms with Crippen LogP contribution in [0.3, 0.4) is 0 Å². The van der Waals surface area contributed by atoms with Gasteiger partial charge in [0.05, 0.1) is 17.5 Å². The molecule has 166 valence electrons. The molecule has 1 unspecified atom stereocenters. The van der Waals surface area contributed by atoms with Gasteiger partial charge in [-0.3, -0.25) is 0 Å². The summed E-state index contributed by atoms with van der Waals surface area (Å²) in [6.45, 7) is 1.84. The van der Waals surface area contributed by atoms with Crippen molar-refractivity contribution < 1.29 is 26.4 Å². The molecule has 0 bridgehead atoms. The SMILES string of the molecule is CCOC(=O)C1C(=S(=O)=O)c2cc(Cl)ccc2N1c1ccccc1.NS(=O)(=O)C1CC1. The summed E-state index contributed by atoms with van der Waals surface area (Å²) in [7, 11) is -5.72. The standard InChI is InChI=1S/C17H14ClNO4S.C3H7NO2S/c1-2-23-17(20)15-16(24(21)22)13-10-11(18)8-9-14(13)19(15)12-6-4-3-5-7-12;4-7(5,6)3-1-2-3/h3-10,15H,2H2,1H3;3H,1-2H2,(H2,4,5,6). The number of para-hydroxylation sites is 1. The summed E-state index contributed by atoms with van der Waals surface area (Å²) in [5.41, 5.74) is 1.71. The van der Waals surface area contributed by atoms with Crippen LogP contribution in [-0.2, 0) is 29.8 Å². The molecule has 0 saturated heterocycles. The van der Waals surface area contributed by atoms with Gasteiger partial charge >= 0.3 is 5.97 Å². The second-order valence-electron chi connectivity index (χ2n) is 6.91. The first-order valence-corrected chi connectivity index (χ1v) is 12.5. The summed E-state index contributed by atoms with van der Waals surface area (Å²) < 4.78 is 49.2. The third-order valence-corrected chi connectivity index (χ3v) is 7.14. The van der Waals surface area contributed by atoms with Gasteiger partial charge in [0.25, 0.3) is 0 Å². The number of rotatable bonds is 4. The Bertz CT molecular complexity index is 1220. The molecule has 1 fully saturated rings. The summed E-state index contributed by atoms with van der Waals surface area (Å²) in [6, 6.07) is 12.9. The van der Waals surface area contributed by atoms with Gasteiger partial charge in [-0.1, -0.05) is 29.8 Å². The lowest BCUT2D eigenvalue weighted by atomic mass is 10.1. The van der Waals surface area contributed by atoms with Gasteiger partial charge in [-0.05, 0) is 50.1 Å². The first-order chi connectivity index (χ1) is 14.6. The molecule has 31 heavy (non-hydrogen) atoms. The van der Waals surface area contributed by atoms with Gasteiger partial charge in [-0.2, -0.15) is 8.42 Å². The number of hydrogen-bond donors (Lipinski definition) is 1. The van der Waals surface area contributed by atoms with E-state index in [1.165, 1.54) is 0 Å². The van der Waals surface area contributed by atoms with Gasteiger partial charge in [0.2, 0.25) is 20.3 Å². The van der Waals surface area contributed by atoms with E-state index in [2.05, 4.69) is 0 Å². The van der Waals surface area contributed by atoms with Crippen molar-refractivity contribution in [1.82, 2.24) is 0 Å². The van der Waals surface area contributed by atoms with E-state index in [-0.39, 0.29) is 16.7 Å². The van der Waals surface area contributed by atoms with Crippen LogP contribution in [0.1, 0.15) is 25.3 Å². The summed E-state index contributed by atoms with van der Waals surface area (Å²) in [6.07, 6.45) is 1.53. The zero-order chi connectivity index (χ0) is 22.8. The van der Waals surface area contributed by atoms with E-state index in [9.17, 15) is 21.6 Å². The smallest absolute Gasteiger partial charge is 0.334 e. The van der Waals surface area contributed by atoms with Crippen LogP contribution in [0.25, 0.3) is 0 Å². The van der Waals surface area contributed by atoms with Crippen molar-refractivity contribution in [2.75, 3.05) is 11.5 Å². The van der Waals surface area contributed by atoms with Crippen molar-refractivity contribution in [2.24, 2.45) is 5.14 Å². The van der Waals surface area contributed by atoms with E-state index < -0.39 is 32.3 Å². The molecule has 1 aliphatic carbocycles. The van der Waals surface area contributed by atoms with E-state index in [1.807, 2.05) is 18.2 Å². The predicted octanol–water partition coefficient (Wildman–Crippen LogP) is 2.26. The molecule has 1 aliphatic heterocycles. The van der Waals surface area contributed by atoms with E-state index in [0.29, 0.717) is 22.0 Å². The molecule has 0 aromatic heterocycles. The van der Waals surface area contributed by atoms with Crippen LogP contribution in [0, 0.1) is 0 Å². The Hall–Kier alpha value is -2.40. The third kappa shape index (κ3) is 5.27. The molecule has 0 amide bonds. The molecule has 11 heteroatoms. The molecule has 0 spiro atoms. The molecule has 2 aromatic carbocycles. The lowest BCUT2D eigenvalue weighted by molar-refractivity contribution is -0.142. The van der Waals surface area contributed by atoms with Crippen molar-refractivity contribution in [1.29, 1.82) is 0 Å². The number of carbonyl (C=O) groups excluding carboxylic acids is 1. The van der Waals surface area contributed by atoms with Crippen LogP contribution in [0.15, 0.2) is 48.5 Å². The van der Waals surface area contributed by atoms with E-state index in [1.54, 1.807) is 42.2 Å². The number of anilines is 2. The van der Waals surface area contributed by atoms with Gasteiger partial charge in [-0.15, -0.1) is 0 Å². The molecule has 2 aromatic rings. The minimum atomic E-state index is -3.13. The summed E-state index contributed by atoms with van der Waals surface area (Å²) in [5, 5.41) is 4.91. The number of fused-ring (bicyclic) bond motifs is 1. The molecule has 1 heterocycles. The lowest BCUT2D eigenvalue weighted by Gasteiger charge is -2.25. The number of nitrogens with two attached hydrogens (primary N) is 1. The molecule has 1 atom stereocenters. The highest BCUT2D eigenvalue weighted by atomic mass is 35.5. The fraction of sp³-hybridized carbons (Fsp3) is 0.300. The number of nitrogens with zero attached hydrogens (tertiary/aromatic N) is 1. The largest absolute Gasteiger partial charge is 0.464 e. The molecule has 4 rings (SSSR count). The van der Waals surface area contributed by atoms with Gasteiger partial charge in [0.1, 0.15) is 4.86 Å². The number of esters is 1. The number of primary sulfonamides is 1. The molecular weight excluding hydrogens is 464 g/mol. The Kier molecular flexibility index (Phi) is 7.05. The number of halogens is 1. The molecule has 2 N–H and O–H groups in total. The Morgan fingerprint density at radius 2 is 1.84 bits per heavy atom. The molecule has 0 radical (unpaired) electrons. The molecule has 8 nitrogen and oxygen atoms in total. The maximum absolute atomic E-state index is 12.5. The number of carbonyl (C=O) groups is 1. The highest BCUT2D eigenvalue weighted by Crippen LogP contribution is 2.40. The second-order valence-corrected chi connectivity index (χ2v) is 10.1. The summed E-state index contributed by atoms with van der Waals surface area (Å²) >= 11 is 6.03. The number of hydrogen-bond acceptors (Lipinski definition) is 7. The maximum Gasteiger partial charge on any atom is 0.334 e. The van der Waals surface area contributed by atoms with Crippen molar-refractivity contribution in [2.45, 2.75) is 31.1 Å². The highest BCUT2D eigenvalue weighted by molar-refractivity contribution is 7.90. The first kappa shape index (κ1) is 23.3. The zero-order valence-corrected chi connectivity index (χ0v) is 19.0. The van der Waals surface area contributed by atoms with Gasteiger partial charge in [-0.25, -0.2) is 18.4 Å². The predicted molar refractivity (Wildman–Crippen MR) is 120 cm³/mol. The van der Waals surface area contributed by atoms with Crippen LogP contribution in [0.5, 0.6) is 0 Å². The van der Waals surface area contributed by atoms with Crippen LogP contribution >= 0.6 is 11.6 Å². The maximum atomic E-state index is 12.5. The Balaban J connectivity index is 0.000000330. The van der Waals surface area contributed by atoms with Crippen molar-refractivity contribution in [3.63, 3.8) is 0 Å². The minimum Gasteiger partial charge on any atom is -0.464 e. The molecular formula is C20H21ClN2O6S2. The Morgan fingerprint density at radius 1 is 1.19 bits per heavy atom. The zero-order valence-electron chi connectivity index (χ0n) is 16.6. The van der Waals surface area contributed by atoms with Crippen molar-refractivity contribution in [3.8, 4) is 0 Å². The first-order valence-electron chi connectivity index (χ1n) is 9.43. The topological polar surface area (TPSA) is 124 Å². The normalized spacial score (nSPS) is 17.5. The number of benzene rings is 2. The van der Waals surface area contributed by atoms with E-state index >= 15 is 0 Å². The monoisotopic (exact) mass is 484 g/mol. The fourth-order valence-electron chi connectivity index (χ4n) is 3.21. The average molecular weight is 485 g/mol. The number of sulfonamides is 1. The Labute approximate surface area is 187 Å². The average Bonchev–Trinajstić information content (AvgIpc) is 3.51. The highest BCUT2D eigenvalue weighted by Gasteiger charge is 2.43.